The van der Waals surface area contributed by atoms with E-state index in [-0.39, 0.29) is 16.2 Å². The van der Waals surface area contributed by atoms with Crippen LogP contribution in [0.2, 0.25) is 0 Å². The van der Waals surface area contributed by atoms with E-state index in [1.54, 1.807) is 0 Å². The summed E-state index contributed by atoms with van der Waals surface area (Å²) in [5, 5.41) is 9.25. The van der Waals surface area contributed by atoms with Crippen molar-refractivity contribution in [3.8, 4) is 39.1 Å². The number of fused-ring (bicyclic) bond motifs is 6. The van der Waals surface area contributed by atoms with Crippen LogP contribution >= 0.6 is 0 Å². The molecule has 59 heavy (non-hydrogen) atoms. The monoisotopic (exact) mass is 758 g/mol. The zero-order valence-electron chi connectivity index (χ0n) is 35.0. The van der Waals surface area contributed by atoms with Gasteiger partial charge in [-0.25, -0.2) is 0 Å². The molecule has 3 heteroatoms. The number of rotatable bonds is 4. The van der Waals surface area contributed by atoms with Crippen molar-refractivity contribution in [1.29, 1.82) is 0 Å². The van der Waals surface area contributed by atoms with Crippen LogP contribution in [0.25, 0.3) is 71.6 Å². The van der Waals surface area contributed by atoms with E-state index in [4.69, 9.17) is 0 Å². The van der Waals surface area contributed by atoms with E-state index in [1.165, 1.54) is 110 Å². The lowest BCUT2D eigenvalue weighted by molar-refractivity contribution is 0.590. The number of anilines is 2. The van der Waals surface area contributed by atoms with Crippen LogP contribution in [0.1, 0.15) is 76.3 Å². The van der Waals surface area contributed by atoms with Crippen LogP contribution in [-0.2, 0) is 16.2 Å². The van der Waals surface area contributed by atoms with Crippen molar-refractivity contribution in [2.45, 2.75) is 64.7 Å². The Balaban J connectivity index is 1.21. The van der Waals surface area contributed by atoms with Crippen molar-refractivity contribution in [2.75, 3.05) is 5.32 Å². The van der Waals surface area contributed by atoms with Gasteiger partial charge in [-0.2, -0.15) is 0 Å². The normalized spacial score (nSPS) is 15.1. The van der Waals surface area contributed by atoms with Crippen LogP contribution in [0.3, 0.4) is 0 Å². The number of hydrogen-bond donors (Lipinski definition) is 1. The number of hydrogen-bond acceptors (Lipinski definition) is 1. The molecule has 284 valence electrons. The van der Waals surface area contributed by atoms with Gasteiger partial charge in [0.05, 0.1) is 5.52 Å². The minimum absolute atomic E-state index is 0.0586. The Kier molecular flexibility index (Phi) is 6.86. The summed E-state index contributed by atoms with van der Waals surface area (Å²) in [5.74, 6) is 0. The molecule has 0 radical (unpaired) electrons. The molecule has 0 spiro atoms. The van der Waals surface area contributed by atoms with E-state index >= 15 is 0 Å². The summed E-state index contributed by atoms with van der Waals surface area (Å²) in [6.07, 6.45) is 0. The number of nitrogens with zero attached hydrogens (tertiary/aromatic N) is 1. The first kappa shape index (κ1) is 34.7. The molecule has 1 aromatic heterocycles. The van der Waals surface area contributed by atoms with Gasteiger partial charge in [0.15, 0.2) is 7.28 Å². The Labute approximate surface area is 347 Å². The maximum atomic E-state index is 3.89. The fraction of sp³-hybridized carbons (Fsp3) is 0.179. The second-order valence-corrected chi connectivity index (χ2v) is 19.4. The van der Waals surface area contributed by atoms with Gasteiger partial charge in [0.1, 0.15) is 0 Å². The third-order valence-electron chi connectivity index (χ3n) is 14.3. The highest BCUT2D eigenvalue weighted by atomic mass is 15.0. The molecule has 0 saturated carbocycles. The van der Waals surface area contributed by atoms with Crippen molar-refractivity contribution < 1.29 is 0 Å². The van der Waals surface area contributed by atoms with E-state index in [2.05, 4.69) is 204 Å². The van der Waals surface area contributed by atoms with Gasteiger partial charge in [-0.15, -0.1) is 0 Å². The molecular formula is C56H47BN2. The minimum Gasteiger partial charge on any atom is -0.355 e. The van der Waals surface area contributed by atoms with Gasteiger partial charge in [0.2, 0.25) is 0 Å². The summed E-state index contributed by atoms with van der Waals surface area (Å²) < 4.78 is 2.70. The van der Waals surface area contributed by atoms with Gasteiger partial charge < -0.3 is 9.88 Å². The number of aromatic nitrogens is 1. The molecule has 3 heterocycles. The van der Waals surface area contributed by atoms with Crippen molar-refractivity contribution >= 4 is 62.2 Å². The second-order valence-electron chi connectivity index (χ2n) is 19.4. The zero-order valence-corrected chi connectivity index (χ0v) is 35.0. The molecule has 0 saturated heterocycles. The SMILES string of the molecule is CC(C)(C)c1ccc(Nc2ccccc2-c2cc(-c3ccc4c(c3)-c3ccccc3C4(C)C)c3c4c5ccccc5cc5c4n4c3c2Bc2cccc(c2-4)C5(C)C)cc1. The van der Waals surface area contributed by atoms with Crippen LogP contribution in [0.5, 0.6) is 0 Å². The molecule has 1 aliphatic carbocycles. The molecule has 0 unspecified atom stereocenters. The highest BCUT2D eigenvalue weighted by Crippen LogP contribution is 2.54. The number of para-hydroxylation sites is 2. The van der Waals surface area contributed by atoms with Crippen molar-refractivity contribution in [2.24, 2.45) is 0 Å². The molecule has 9 aromatic rings. The zero-order chi connectivity index (χ0) is 40.2. The Hall–Kier alpha value is -6.32. The summed E-state index contributed by atoms with van der Waals surface area (Å²) >= 11 is 0. The fourth-order valence-electron chi connectivity index (χ4n) is 11.3. The van der Waals surface area contributed by atoms with Crippen LogP contribution in [0, 0.1) is 0 Å². The predicted octanol–water partition coefficient (Wildman–Crippen LogP) is 13.0. The van der Waals surface area contributed by atoms with Crippen molar-refractivity contribution in [3.05, 3.63) is 173 Å². The first-order chi connectivity index (χ1) is 28.4. The van der Waals surface area contributed by atoms with E-state index in [0.29, 0.717) is 0 Å². The smallest absolute Gasteiger partial charge is 0.198 e. The Morgan fingerprint density at radius 3 is 2.03 bits per heavy atom. The predicted molar refractivity (Wildman–Crippen MR) is 254 cm³/mol. The van der Waals surface area contributed by atoms with E-state index in [0.717, 1.165) is 18.7 Å². The fourth-order valence-corrected chi connectivity index (χ4v) is 11.3. The Bertz CT molecular complexity index is 3300. The van der Waals surface area contributed by atoms with Crippen LogP contribution in [-0.4, -0.2) is 11.8 Å². The van der Waals surface area contributed by atoms with Crippen molar-refractivity contribution in [3.63, 3.8) is 0 Å². The maximum Gasteiger partial charge on any atom is 0.198 e. The second kappa shape index (κ2) is 11.7. The first-order valence-electron chi connectivity index (χ1n) is 21.3. The van der Waals surface area contributed by atoms with Gasteiger partial charge in [-0.05, 0) is 114 Å². The molecule has 0 amide bonds. The Morgan fingerprint density at radius 1 is 0.525 bits per heavy atom. The summed E-state index contributed by atoms with van der Waals surface area (Å²) in [7, 11) is 0.870. The molecule has 8 aromatic carbocycles. The average molecular weight is 759 g/mol. The van der Waals surface area contributed by atoms with Gasteiger partial charge in [-0.3, -0.25) is 0 Å². The standard InChI is InChI=1S/C56H47BN2/c1-54(2,3)34-24-26-35(27-25-34)58-47-22-13-11-18-38(47)41-31-39(33-23-28-43-40(29-33)37-17-10-12-19-42(37)55(43,4)5)49-48-36-16-9-8-15-32(36)30-45-52(48)59-51-44(56(45,6)7)20-14-21-46(51)57-50(41)53(49)59/h8-31,57-58H,1-7H3. The lowest BCUT2D eigenvalue weighted by atomic mass is 9.57. The molecule has 0 atom stereocenters. The summed E-state index contributed by atoms with van der Waals surface area (Å²) in [6.45, 7) is 16.4. The quantitative estimate of drug-likeness (QED) is 0.177. The van der Waals surface area contributed by atoms with Gasteiger partial charge in [0.25, 0.3) is 0 Å². The molecule has 2 nitrogen and oxygen atoms in total. The average Bonchev–Trinajstić information content (AvgIpc) is 3.71. The highest BCUT2D eigenvalue weighted by molar-refractivity contribution is 6.74. The lowest BCUT2D eigenvalue weighted by Gasteiger charge is -2.38. The molecule has 12 rings (SSSR count). The molecule has 1 N–H and O–H groups in total. The van der Waals surface area contributed by atoms with Gasteiger partial charge in [0, 0.05) is 49.7 Å². The maximum absolute atomic E-state index is 3.89. The Morgan fingerprint density at radius 2 is 1.22 bits per heavy atom. The molecule has 2 aliphatic heterocycles. The summed E-state index contributed by atoms with van der Waals surface area (Å²) in [4.78, 5) is 0. The molecule has 0 fully saturated rings. The van der Waals surface area contributed by atoms with E-state index in [9.17, 15) is 0 Å². The topological polar surface area (TPSA) is 17.0 Å². The largest absolute Gasteiger partial charge is 0.355 e. The summed E-state index contributed by atoms with van der Waals surface area (Å²) in [6, 6.07) is 55.5. The minimum atomic E-state index is -0.166. The van der Waals surface area contributed by atoms with Gasteiger partial charge in [-0.1, -0.05) is 163 Å². The van der Waals surface area contributed by atoms with E-state index < -0.39 is 0 Å². The van der Waals surface area contributed by atoms with Crippen molar-refractivity contribution in [1.82, 2.24) is 4.57 Å². The van der Waals surface area contributed by atoms with Gasteiger partial charge >= 0.3 is 0 Å². The number of benzene rings is 8. The third kappa shape index (κ3) is 4.65. The first-order valence-corrected chi connectivity index (χ1v) is 21.3. The molecule has 0 bridgehead atoms. The molecular weight excluding hydrogens is 711 g/mol. The summed E-state index contributed by atoms with van der Waals surface area (Å²) in [5.41, 5.74) is 23.7. The highest BCUT2D eigenvalue weighted by Gasteiger charge is 2.41. The van der Waals surface area contributed by atoms with Crippen LogP contribution in [0.4, 0.5) is 11.4 Å². The van der Waals surface area contributed by atoms with E-state index in [1.807, 2.05) is 0 Å². The number of nitrogens with one attached hydrogen (secondary N) is 1. The van der Waals surface area contributed by atoms with Crippen LogP contribution < -0.4 is 16.2 Å². The lowest BCUT2D eigenvalue weighted by Crippen LogP contribution is -2.41. The molecule has 3 aliphatic rings. The third-order valence-corrected chi connectivity index (χ3v) is 14.3. The van der Waals surface area contributed by atoms with Crippen LogP contribution in [0.15, 0.2) is 146 Å².